The smallest absolute Gasteiger partial charge is 0.151 e. The van der Waals surface area contributed by atoms with E-state index in [1.54, 1.807) is 0 Å². The Morgan fingerprint density at radius 3 is 2.95 bits per heavy atom. The minimum absolute atomic E-state index is 0.349. The summed E-state index contributed by atoms with van der Waals surface area (Å²) in [6, 6.07) is 4.12. The van der Waals surface area contributed by atoms with Gasteiger partial charge in [0.15, 0.2) is 5.82 Å². The number of nitrogens with one attached hydrogen (secondary N) is 1. The molecule has 2 atom stereocenters. The normalized spacial score (nSPS) is 26.9. The van der Waals surface area contributed by atoms with Crippen LogP contribution in [0.15, 0.2) is 18.3 Å². The van der Waals surface area contributed by atoms with Crippen molar-refractivity contribution in [2.24, 2.45) is 0 Å². The van der Waals surface area contributed by atoms with Crippen LogP contribution >= 0.6 is 0 Å². The summed E-state index contributed by atoms with van der Waals surface area (Å²) in [7, 11) is 0. The molecule has 2 saturated heterocycles. The molecule has 2 fully saturated rings. The lowest BCUT2D eigenvalue weighted by molar-refractivity contribution is 0.0637. The van der Waals surface area contributed by atoms with Crippen LogP contribution in [0.1, 0.15) is 32.6 Å². The lowest BCUT2D eigenvalue weighted by atomic mass is 10.2. The maximum atomic E-state index is 5.85. The van der Waals surface area contributed by atoms with Gasteiger partial charge in [-0.25, -0.2) is 4.98 Å². The van der Waals surface area contributed by atoms with E-state index in [-0.39, 0.29) is 0 Å². The number of hydrogen-bond donors (Lipinski definition) is 1. The van der Waals surface area contributed by atoms with E-state index < -0.39 is 0 Å². The summed E-state index contributed by atoms with van der Waals surface area (Å²) in [5.41, 5.74) is 1.15. The molecule has 3 heterocycles. The predicted octanol–water partition coefficient (Wildman–Crippen LogP) is 2.66. The number of ether oxygens (including phenoxy) is 1. The summed E-state index contributed by atoms with van der Waals surface area (Å²) >= 11 is 0. The zero-order chi connectivity index (χ0) is 13.1. The van der Waals surface area contributed by atoms with Crippen molar-refractivity contribution in [1.29, 1.82) is 0 Å². The van der Waals surface area contributed by atoms with Crippen molar-refractivity contribution in [3.8, 4) is 0 Å². The van der Waals surface area contributed by atoms with E-state index in [9.17, 15) is 0 Å². The Morgan fingerprint density at radius 2 is 2.21 bits per heavy atom. The lowest BCUT2D eigenvalue weighted by Crippen LogP contribution is -2.24. The Kier molecular flexibility index (Phi) is 3.87. The molecule has 2 unspecified atom stereocenters. The molecule has 104 valence electrons. The summed E-state index contributed by atoms with van der Waals surface area (Å²) < 4.78 is 5.85. The van der Waals surface area contributed by atoms with Gasteiger partial charge in [-0.3, -0.25) is 0 Å². The summed E-state index contributed by atoms with van der Waals surface area (Å²) in [4.78, 5) is 6.92. The minimum atomic E-state index is 0.349. The highest BCUT2D eigenvalue weighted by Gasteiger charge is 2.22. The Labute approximate surface area is 115 Å². The van der Waals surface area contributed by atoms with Gasteiger partial charge >= 0.3 is 0 Å². The van der Waals surface area contributed by atoms with Gasteiger partial charge in [-0.05, 0) is 44.7 Å². The molecule has 19 heavy (non-hydrogen) atoms. The first-order valence-corrected chi connectivity index (χ1v) is 7.42. The first-order chi connectivity index (χ1) is 9.33. The topological polar surface area (TPSA) is 37.4 Å². The first kappa shape index (κ1) is 12.7. The predicted molar refractivity (Wildman–Crippen MR) is 77.7 cm³/mol. The average molecular weight is 261 g/mol. The summed E-state index contributed by atoms with van der Waals surface area (Å²) in [6.45, 7) is 5.29. The van der Waals surface area contributed by atoms with E-state index in [0.29, 0.717) is 12.2 Å². The van der Waals surface area contributed by atoms with Gasteiger partial charge in [0.05, 0.1) is 17.9 Å². The number of rotatable bonds is 4. The molecule has 0 aliphatic carbocycles. The first-order valence-electron chi connectivity index (χ1n) is 7.42. The van der Waals surface area contributed by atoms with Gasteiger partial charge in [0.1, 0.15) is 0 Å². The second-order valence-corrected chi connectivity index (χ2v) is 5.60. The van der Waals surface area contributed by atoms with Crippen LogP contribution in [0.4, 0.5) is 11.5 Å². The van der Waals surface area contributed by atoms with E-state index >= 15 is 0 Å². The second-order valence-electron chi connectivity index (χ2n) is 5.60. The van der Waals surface area contributed by atoms with Gasteiger partial charge in [0.25, 0.3) is 0 Å². The largest absolute Gasteiger partial charge is 0.379 e. The minimum Gasteiger partial charge on any atom is -0.379 e. The quantitative estimate of drug-likeness (QED) is 0.904. The number of hydrogen-bond acceptors (Lipinski definition) is 4. The van der Waals surface area contributed by atoms with E-state index in [4.69, 9.17) is 4.74 Å². The molecule has 0 radical (unpaired) electrons. The molecule has 4 heteroatoms. The van der Waals surface area contributed by atoms with E-state index in [1.807, 2.05) is 12.3 Å². The third-order valence-electron chi connectivity index (χ3n) is 4.03. The van der Waals surface area contributed by atoms with Gasteiger partial charge in [-0.2, -0.15) is 0 Å². The Bertz CT molecular complexity index is 418. The van der Waals surface area contributed by atoms with Gasteiger partial charge in [0, 0.05) is 25.8 Å². The molecule has 1 aromatic rings. The van der Waals surface area contributed by atoms with Crippen molar-refractivity contribution in [2.75, 3.05) is 29.9 Å². The SMILES string of the molecule is CC1CCC(CNc2cccnc2N2CCCC2)O1. The van der Waals surface area contributed by atoms with Gasteiger partial charge in [-0.1, -0.05) is 0 Å². The molecule has 0 bridgehead atoms. The second kappa shape index (κ2) is 5.78. The van der Waals surface area contributed by atoms with Crippen LogP contribution < -0.4 is 10.2 Å². The standard InChI is InChI=1S/C15H23N3O/c1-12-6-7-13(19-12)11-17-14-5-4-8-16-15(14)18-9-2-3-10-18/h4-5,8,12-13,17H,2-3,6-7,9-11H2,1H3. The van der Waals surface area contributed by atoms with Crippen LogP contribution in [-0.2, 0) is 4.74 Å². The van der Waals surface area contributed by atoms with Gasteiger partial charge in [0.2, 0.25) is 0 Å². The highest BCUT2D eigenvalue weighted by atomic mass is 16.5. The van der Waals surface area contributed by atoms with Crippen LogP contribution in [-0.4, -0.2) is 36.8 Å². The molecule has 0 saturated carbocycles. The third kappa shape index (κ3) is 3.00. The Balaban J connectivity index is 1.63. The molecular formula is C15H23N3O. The van der Waals surface area contributed by atoms with Crippen LogP contribution in [0.3, 0.4) is 0 Å². The van der Waals surface area contributed by atoms with E-state index in [2.05, 4.69) is 28.2 Å². The number of pyridine rings is 1. The van der Waals surface area contributed by atoms with E-state index in [1.165, 1.54) is 19.3 Å². The zero-order valence-corrected chi connectivity index (χ0v) is 11.6. The van der Waals surface area contributed by atoms with Crippen molar-refractivity contribution in [1.82, 2.24) is 4.98 Å². The molecule has 0 spiro atoms. The number of nitrogens with zero attached hydrogens (tertiary/aromatic N) is 2. The van der Waals surface area contributed by atoms with Crippen LogP contribution in [0.25, 0.3) is 0 Å². The molecule has 0 aromatic carbocycles. The molecule has 3 rings (SSSR count). The third-order valence-corrected chi connectivity index (χ3v) is 4.03. The lowest BCUT2D eigenvalue weighted by Gasteiger charge is -2.21. The fourth-order valence-electron chi connectivity index (χ4n) is 2.98. The van der Waals surface area contributed by atoms with Crippen LogP contribution in [0.5, 0.6) is 0 Å². The zero-order valence-electron chi connectivity index (χ0n) is 11.6. The van der Waals surface area contributed by atoms with Crippen LogP contribution in [0.2, 0.25) is 0 Å². The van der Waals surface area contributed by atoms with Crippen molar-refractivity contribution in [3.63, 3.8) is 0 Å². The van der Waals surface area contributed by atoms with Crippen LogP contribution in [0, 0.1) is 0 Å². The van der Waals surface area contributed by atoms with Crippen molar-refractivity contribution in [3.05, 3.63) is 18.3 Å². The fourth-order valence-corrected chi connectivity index (χ4v) is 2.98. The average Bonchev–Trinajstić information content (AvgIpc) is 3.08. The Hall–Kier alpha value is -1.29. The molecule has 0 amide bonds. The summed E-state index contributed by atoms with van der Waals surface area (Å²) in [5, 5.41) is 3.52. The summed E-state index contributed by atoms with van der Waals surface area (Å²) in [6.07, 6.45) is 7.54. The van der Waals surface area contributed by atoms with Crippen molar-refractivity contribution < 1.29 is 4.74 Å². The molecule has 2 aliphatic heterocycles. The highest BCUT2D eigenvalue weighted by Crippen LogP contribution is 2.27. The molecule has 1 aromatic heterocycles. The van der Waals surface area contributed by atoms with E-state index in [0.717, 1.165) is 37.6 Å². The maximum Gasteiger partial charge on any atom is 0.151 e. The molecule has 2 aliphatic rings. The Morgan fingerprint density at radius 1 is 1.37 bits per heavy atom. The molecule has 4 nitrogen and oxygen atoms in total. The monoisotopic (exact) mass is 261 g/mol. The number of anilines is 2. The highest BCUT2D eigenvalue weighted by molar-refractivity contribution is 5.65. The van der Waals surface area contributed by atoms with Crippen molar-refractivity contribution >= 4 is 11.5 Å². The summed E-state index contributed by atoms with van der Waals surface area (Å²) in [5.74, 6) is 1.10. The molecule has 1 N–H and O–H groups in total. The van der Waals surface area contributed by atoms with Crippen molar-refractivity contribution in [2.45, 2.75) is 44.8 Å². The number of aromatic nitrogens is 1. The van der Waals surface area contributed by atoms with Gasteiger partial charge < -0.3 is 15.0 Å². The maximum absolute atomic E-state index is 5.85. The molecular weight excluding hydrogens is 238 g/mol. The fraction of sp³-hybridized carbons (Fsp3) is 0.667. The van der Waals surface area contributed by atoms with Gasteiger partial charge in [-0.15, -0.1) is 0 Å².